The molecule has 1 aliphatic carbocycles. The first kappa shape index (κ1) is 21.4. The summed E-state index contributed by atoms with van der Waals surface area (Å²) in [5.74, 6) is -0.339. The molecule has 8 nitrogen and oxygen atoms in total. The first-order valence-electron chi connectivity index (χ1n) is 9.69. The van der Waals surface area contributed by atoms with Gasteiger partial charge in [-0.05, 0) is 37.4 Å². The number of amides is 2. The van der Waals surface area contributed by atoms with E-state index < -0.39 is 12.7 Å². The van der Waals surface area contributed by atoms with E-state index in [1.807, 2.05) is 0 Å². The maximum Gasteiger partial charge on any atom is 0.387 e. The number of carbonyl (C=O) groups excluding carboxylic acids is 2. The third kappa shape index (κ3) is 5.62. The Balaban J connectivity index is 1.71. The molecule has 1 aromatic rings. The van der Waals surface area contributed by atoms with E-state index in [9.17, 15) is 18.4 Å². The number of anilines is 2. The summed E-state index contributed by atoms with van der Waals surface area (Å²) in [6.07, 6.45) is 3.49. The van der Waals surface area contributed by atoms with Crippen LogP contribution in [0.5, 0.6) is 5.75 Å². The third-order valence-corrected chi connectivity index (χ3v) is 5.15. The summed E-state index contributed by atoms with van der Waals surface area (Å²) in [5.41, 5.74) is 6.18. The van der Waals surface area contributed by atoms with Crippen LogP contribution < -0.4 is 26.0 Å². The third-order valence-electron chi connectivity index (χ3n) is 5.15. The Morgan fingerprint density at radius 3 is 2.79 bits per heavy atom. The first-order chi connectivity index (χ1) is 14.0. The number of rotatable bonds is 9. The number of halogens is 2. The highest BCUT2D eigenvalue weighted by Crippen LogP contribution is 2.33. The van der Waals surface area contributed by atoms with Crippen LogP contribution in [0, 0.1) is 5.92 Å². The molecule has 160 valence electrons. The fourth-order valence-electron chi connectivity index (χ4n) is 3.30. The lowest BCUT2D eigenvalue weighted by Crippen LogP contribution is -2.48. The number of nitrogens with one attached hydrogen (secondary N) is 2. The van der Waals surface area contributed by atoms with Crippen LogP contribution in [-0.4, -0.2) is 57.3 Å². The topological polar surface area (TPSA) is 106 Å². The maximum atomic E-state index is 12.9. The molecule has 2 fully saturated rings. The zero-order valence-electron chi connectivity index (χ0n) is 16.0. The summed E-state index contributed by atoms with van der Waals surface area (Å²) in [6.45, 7) is -1.85. The van der Waals surface area contributed by atoms with E-state index in [-0.39, 0.29) is 48.6 Å². The Hall–Kier alpha value is -2.30. The molecule has 2 aliphatic rings. The lowest BCUT2D eigenvalue weighted by molar-refractivity contribution is -0.125. The average molecular weight is 412 g/mol. The number of nitrogens with zero attached hydrogens (tertiary/aromatic N) is 1. The molecule has 1 aliphatic heterocycles. The normalized spacial score (nSPS) is 18.5. The van der Waals surface area contributed by atoms with Gasteiger partial charge in [0.25, 0.3) is 5.91 Å². The summed E-state index contributed by atoms with van der Waals surface area (Å²) in [4.78, 5) is 25.9. The molecule has 4 N–H and O–H groups in total. The fraction of sp³-hybridized carbons (Fsp3) is 0.579. The molecular formula is C19H26F2N4O4. The quantitative estimate of drug-likeness (QED) is 0.565. The Kier molecular flexibility index (Phi) is 7.34. The zero-order chi connectivity index (χ0) is 20.8. The summed E-state index contributed by atoms with van der Waals surface area (Å²) in [6, 6.07) is 3.70. The largest absolute Gasteiger partial charge is 0.433 e. The van der Waals surface area contributed by atoms with Gasteiger partial charge in [0.05, 0.1) is 18.3 Å². The molecule has 3 rings (SSSR count). The van der Waals surface area contributed by atoms with Crippen LogP contribution in [0.15, 0.2) is 18.2 Å². The average Bonchev–Trinajstić information content (AvgIpc) is 2.64. The molecule has 1 atom stereocenters. The van der Waals surface area contributed by atoms with Crippen molar-refractivity contribution in [3.8, 4) is 5.75 Å². The van der Waals surface area contributed by atoms with Gasteiger partial charge in [0.1, 0.15) is 6.61 Å². The van der Waals surface area contributed by atoms with Crippen LogP contribution in [-0.2, 0) is 14.3 Å². The van der Waals surface area contributed by atoms with Gasteiger partial charge in [0.2, 0.25) is 5.91 Å². The zero-order valence-corrected chi connectivity index (χ0v) is 16.0. The van der Waals surface area contributed by atoms with E-state index in [0.29, 0.717) is 19.1 Å². The number of alkyl halides is 2. The van der Waals surface area contributed by atoms with Gasteiger partial charge in [-0.1, -0.05) is 6.42 Å². The van der Waals surface area contributed by atoms with Crippen LogP contribution in [0.3, 0.4) is 0 Å². The van der Waals surface area contributed by atoms with E-state index in [4.69, 9.17) is 10.5 Å². The van der Waals surface area contributed by atoms with E-state index in [1.165, 1.54) is 29.5 Å². The minimum Gasteiger partial charge on any atom is -0.433 e. The molecule has 29 heavy (non-hydrogen) atoms. The van der Waals surface area contributed by atoms with Gasteiger partial charge in [0.15, 0.2) is 5.75 Å². The smallest absolute Gasteiger partial charge is 0.387 e. The molecule has 0 aromatic heterocycles. The van der Waals surface area contributed by atoms with Crippen molar-refractivity contribution in [1.29, 1.82) is 0 Å². The molecule has 0 bridgehead atoms. The Bertz CT molecular complexity index is 730. The summed E-state index contributed by atoms with van der Waals surface area (Å²) >= 11 is 0. The number of nitrogens with two attached hydrogens (primary N) is 1. The van der Waals surface area contributed by atoms with Gasteiger partial charge in [-0.3, -0.25) is 9.59 Å². The molecule has 1 saturated carbocycles. The highest BCUT2D eigenvalue weighted by atomic mass is 19.3. The molecule has 0 spiro atoms. The lowest BCUT2D eigenvalue weighted by Gasteiger charge is -2.29. The second-order valence-electron chi connectivity index (χ2n) is 7.14. The van der Waals surface area contributed by atoms with E-state index >= 15 is 0 Å². The van der Waals surface area contributed by atoms with Crippen LogP contribution in [0.25, 0.3) is 0 Å². The van der Waals surface area contributed by atoms with Crippen molar-refractivity contribution in [2.75, 3.05) is 43.1 Å². The van der Waals surface area contributed by atoms with Gasteiger partial charge in [0, 0.05) is 24.8 Å². The predicted molar refractivity (Wildman–Crippen MR) is 103 cm³/mol. The molecule has 0 unspecified atom stereocenters. The standard InChI is InChI=1S/C19H26F2N4O4/c20-19(21)29-16-8-13(4-5-15(16)25-6-7-28-11-17(25)26)24-18(27)14(9-22)23-10-12-2-1-3-12/h4-5,8,12,14,19,23H,1-3,6-7,9-11,22H2,(H,24,27)/t14-/m0/s1. The second kappa shape index (κ2) is 9.95. The van der Waals surface area contributed by atoms with Gasteiger partial charge in [-0.15, -0.1) is 0 Å². The monoisotopic (exact) mass is 412 g/mol. The van der Waals surface area contributed by atoms with Crippen LogP contribution in [0.1, 0.15) is 19.3 Å². The van der Waals surface area contributed by atoms with Crippen LogP contribution in [0.4, 0.5) is 20.2 Å². The number of ether oxygens (including phenoxy) is 2. The van der Waals surface area contributed by atoms with Crippen LogP contribution in [0.2, 0.25) is 0 Å². The van der Waals surface area contributed by atoms with E-state index in [2.05, 4.69) is 15.4 Å². The number of morpholine rings is 1. The van der Waals surface area contributed by atoms with Crippen molar-refractivity contribution in [2.45, 2.75) is 31.9 Å². The number of hydrogen-bond acceptors (Lipinski definition) is 6. The van der Waals surface area contributed by atoms with E-state index in [0.717, 1.165) is 12.8 Å². The maximum absolute atomic E-state index is 12.9. The predicted octanol–water partition coefficient (Wildman–Crippen LogP) is 1.31. The molecule has 1 saturated heterocycles. The minimum absolute atomic E-state index is 0.110. The fourth-order valence-corrected chi connectivity index (χ4v) is 3.30. The Labute approximate surface area is 167 Å². The van der Waals surface area contributed by atoms with Crippen molar-refractivity contribution < 1.29 is 27.8 Å². The molecule has 10 heteroatoms. The molecule has 2 amide bonds. The minimum atomic E-state index is -3.07. The Morgan fingerprint density at radius 2 is 2.17 bits per heavy atom. The van der Waals surface area contributed by atoms with Gasteiger partial charge < -0.3 is 30.7 Å². The molecule has 1 aromatic carbocycles. The first-order valence-corrected chi connectivity index (χ1v) is 9.69. The van der Waals surface area contributed by atoms with Gasteiger partial charge in [-0.25, -0.2) is 0 Å². The second-order valence-corrected chi connectivity index (χ2v) is 7.14. The number of hydrogen-bond donors (Lipinski definition) is 3. The van der Waals surface area contributed by atoms with Crippen molar-refractivity contribution in [3.05, 3.63) is 18.2 Å². The summed E-state index contributed by atoms with van der Waals surface area (Å²) < 4.78 is 35.4. The SMILES string of the molecule is NC[C@H](NCC1CCC1)C(=O)Nc1ccc(N2CCOCC2=O)c(OC(F)F)c1. The Morgan fingerprint density at radius 1 is 1.38 bits per heavy atom. The number of benzene rings is 1. The summed E-state index contributed by atoms with van der Waals surface area (Å²) in [7, 11) is 0. The van der Waals surface area contributed by atoms with Crippen molar-refractivity contribution in [3.63, 3.8) is 0 Å². The number of carbonyl (C=O) groups is 2. The van der Waals surface area contributed by atoms with Gasteiger partial charge in [-0.2, -0.15) is 8.78 Å². The molecular weight excluding hydrogens is 386 g/mol. The highest BCUT2D eigenvalue weighted by Gasteiger charge is 2.26. The van der Waals surface area contributed by atoms with Crippen LogP contribution >= 0.6 is 0 Å². The van der Waals surface area contributed by atoms with Crippen molar-refractivity contribution >= 4 is 23.2 Å². The van der Waals surface area contributed by atoms with Crippen molar-refractivity contribution in [2.24, 2.45) is 11.7 Å². The molecule has 1 heterocycles. The van der Waals surface area contributed by atoms with Gasteiger partial charge >= 0.3 is 6.61 Å². The molecule has 0 radical (unpaired) electrons. The summed E-state index contributed by atoms with van der Waals surface area (Å²) in [5, 5.41) is 5.83. The highest BCUT2D eigenvalue weighted by molar-refractivity contribution is 5.98. The van der Waals surface area contributed by atoms with E-state index in [1.54, 1.807) is 0 Å². The lowest BCUT2D eigenvalue weighted by atomic mass is 9.85. The van der Waals surface area contributed by atoms with Crippen molar-refractivity contribution in [1.82, 2.24) is 5.32 Å².